The predicted octanol–water partition coefficient (Wildman–Crippen LogP) is 4.58. The monoisotopic (exact) mass is 344 g/mol. The summed E-state index contributed by atoms with van der Waals surface area (Å²) in [5.41, 5.74) is 2.04. The number of hydrogen-bond donors (Lipinski definition) is 1. The molecule has 0 atom stereocenters. The molecule has 23 heavy (non-hydrogen) atoms. The zero-order chi connectivity index (χ0) is 16.4. The maximum Gasteiger partial charge on any atom is 0.226 e. The third-order valence-corrected chi connectivity index (χ3v) is 5.36. The molecule has 1 N–H and O–H groups in total. The van der Waals surface area contributed by atoms with Gasteiger partial charge in [0.25, 0.3) is 0 Å². The molecular weight excluding hydrogens is 328 g/mol. The zero-order valence-electron chi connectivity index (χ0n) is 12.9. The van der Waals surface area contributed by atoms with Crippen molar-refractivity contribution in [1.82, 2.24) is 4.98 Å². The smallest absolute Gasteiger partial charge is 0.226 e. The molecule has 0 aliphatic heterocycles. The van der Waals surface area contributed by atoms with E-state index in [1.54, 1.807) is 0 Å². The summed E-state index contributed by atoms with van der Waals surface area (Å²) in [6.45, 7) is 3.98. The van der Waals surface area contributed by atoms with Crippen LogP contribution in [0.5, 0.6) is 0 Å². The number of aromatic nitrogens is 1. The summed E-state index contributed by atoms with van der Waals surface area (Å²) in [5, 5.41) is 3.36. The van der Waals surface area contributed by atoms with Gasteiger partial charge in [-0.15, -0.1) is 11.3 Å². The van der Waals surface area contributed by atoms with Gasteiger partial charge in [0.05, 0.1) is 15.1 Å². The van der Waals surface area contributed by atoms with Crippen molar-refractivity contribution in [2.45, 2.75) is 26.7 Å². The van der Waals surface area contributed by atoms with E-state index in [0.717, 1.165) is 20.7 Å². The van der Waals surface area contributed by atoms with E-state index in [-0.39, 0.29) is 24.5 Å². The van der Waals surface area contributed by atoms with E-state index in [2.05, 4.69) is 10.3 Å². The fraction of sp³-hybridized carbons (Fsp3) is 0.235. The molecule has 2 aromatic heterocycles. The molecule has 1 aromatic carbocycles. The molecule has 0 bridgehead atoms. The van der Waals surface area contributed by atoms with Gasteiger partial charge in [0.2, 0.25) is 5.91 Å². The Morgan fingerprint density at radius 2 is 1.91 bits per heavy atom. The number of thiazole rings is 1. The fourth-order valence-corrected chi connectivity index (χ4v) is 4.02. The number of ketones is 1. The Labute approximate surface area is 142 Å². The second kappa shape index (κ2) is 6.60. The number of rotatable bonds is 5. The number of Topliss-reactive ketones (excluding diaryl/α,β-unsaturated/α-hetero) is 1. The molecule has 0 saturated carbocycles. The summed E-state index contributed by atoms with van der Waals surface area (Å²) in [6, 6.07) is 9.72. The Bertz CT molecular complexity index is 880. The summed E-state index contributed by atoms with van der Waals surface area (Å²) in [5.74, 6) is -0.166. The second-order valence-electron chi connectivity index (χ2n) is 5.37. The molecular formula is C17H16N2O2S2. The maximum absolute atomic E-state index is 12.0. The molecule has 0 saturated heterocycles. The van der Waals surface area contributed by atoms with Gasteiger partial charge in [0, 0.05) is 17.7 Å². The number of hydrogen-bond acceptors (Lipinski definition) is 5. The van der Waals surface area contributed by atoms with Gasteiger partial charge < -0.3 is 5.32 Å². The van der Waals surface area contributed by atoms with Crippen LogP contribution in [0.1, 0.15) is 33.0 Å². The Morgan fingerprint density at radius 1 is 1.09 bits per heavy atom. The minimum atomic E-state index is -0.178. The van der Waals surface area contributed by atoms with Crippen molar-refractivity contribution in [3.63, 3.8) is 0 Å². The lowest BCUT2D eigenvalue weighted by molar-refractivity contribution is -0.116. The molecule has 2 heterocycles. The molecule has 0 aliphatic rings. The van der Waals surface area contributed by atoms with E-state index in [1.807, 2.05) is 44.2 Å². The van der Waals surface area contributed by atoms with E-state index in [4.69, 9.17) is 0 Å². The topological polar surface area (TPSA) is 59.1 Å². The first-order valence-corrected chi connectivity index (χ1v) is 8.91. The Morgan fingerprint density at radius 3 is 2.65 bits per heavy atom. The number of thiophene rings is 1. The Hall–Kier alpha value is -2.05. The molecule has 0 aliphatic carbocycles. The van der Waals surface area contributed by atoms with Gasteiger partial charge in [-0.3, -0.25) is 9.59 Å². The first kappa shape index (κ1) is 15.8. The number of anilines is 1. The van der Waals surface area contributed by atoms with Crippen LogP contribution in [-0.4, -0.2) is 16.7 Å². The third kappa shape index (κ3) is 3.83. The fourth-order valence-electron chi connectivity index (χ4n) is 2.20. The van der Waals surface area contributed by atoms with Crippen LogP contribution in [0.15, 0.2) is 30.3 Å². The molecule has 6 heteroatoms. The molecule has 0 spiro atoms. The zero-order valence-corrected chi connectivity index (χ0v) is 14.5. The van der Waals surface area contributed by atoms with Crippen molar-refractivity contribution >= 4 is 49.7 Å². The van der Waals surface area contributed by atoms with E-state index in [1.165, 1.54) is 22.7 Å². The van der Waals surface area contributed by atoms with Gasteiger partial charge in [-0.1, -0.05) is 17.4 Å². The highest BCUT2D eigenvalue weighted by Crippen LogP contribution is 2.26. The quantitative estimate of drug-likeness (QED) is 0.689. The van der Waals surface area contributed by atoms with Gasteiger partial charge in [-0.25, -0.2) is 4.98 Å². The Kier molecular flexibility index (Phi) is 4.54. The molecule has 4 nitrogen and oxygen atoms in total. The number of nitrogens with one attached hydrogen (secondary N) is 1. The normalized spacial score (nSPS) is 10.9. The van der Waals surface area contributed by atoms with Gasteiger partial charge in [-0.2, -0.15) is 0 Å². The SMILES string of the molecule is Cc1ccc2nc(NC(=O)CCC(=O)c3ccc(C)s3)sc2c1. The van der Waals surface area contributed by atoms with Crippen LogP contribution >= 0.6 is 22.7 Å². The van der Waals surface area contributed by atoms with Crippen LogP contribution in [-0.2, 0) is 4.79 Å². The number of nitrogens with zero attached hydrogens (tertiary/aromatic N) is 1. The number of fused-ring (bicyclic) bond motifs is 1. The molecule has 0 fully saturated rings. The van der Waals surface area contributed by atoms with Crippen LogP contribution in [0.4, 0.5) is 5.13 Å². The van der Waals surface area contributed by atoms with E-state index < -0.39 is 0 Å². The van der Waals surface area contributed by atoms with E-state index >= 15 is 0 Å². The van der Waals surface area contributed by atoms with Crippen LogP contribution in [0, 0.1) is 13.8 Å². The van der Waals surface area contributed by atoms with Crippen molar-refractivity contribution in [3.8, 4) is 0 Å². The van der Waals surface area contributed by atoms with Crippen molar-refractivity contribution in [2.24, 2.45) is 0 Å². The molecule has 1 amide bonds. The number of carbonyl (C=O) groups is 2. The average Bonchev–Trinajstić information content (AvgIpc) is 3.10. The number of benzene rings is 1. The molecule has 0 unspecified atom stereocenters. The predicted molar refractivity (Wildman–Crippen MR) is 95.6 cm³/mol. The lowest BCUT2D eigenvalue weighted by Gasteiger charge is -2.00. The van der Waals surface area contributed by atoms with Crippen molar-refractivity contribution in [1.29, 1.82) is 0 Å². The van der Waals surface area contributed by atoms with Crippen LogP contribution in [0.25, 0.3) is 10.2 Å². The van der Waals surface area contributed by atoms with Crippen LogP contribution in [0.3, 0.4) is 0 Å². The molecule has 118 valence electrons. The summed E-state index contributed by atoms with van der Waals surface area (Å²) in [7, 11) is 0. The van der Waals surface area contributed by atoms with Gasteiger partial charge in [0.15, 0.2) is 10.9 Å². The first-order valence-electron chi connectivity index (χ1n) is 7.28. The number of aryl methyl sites for hydroxylation is 2. The standard InChI is InChI=1S/C17H16N2O2S2/c1-10-3-5-12-15(9-10)23-17(18-12)19-16(21)8-6-13(20)14-7-4-11(2)22-14/h3-5,7,9H,6,8H2,1-2H3,(H,18,19,21). The van der Waals surface area contributed by atoms with Gasteiger partial charge in [0.1, 0.15) is 0 Å². The minimum Gasteiger partial charge on any atom is -0.302 e. The largest absolute Gasteiger partial charge is 0.302 e. The summed E-state index contributed by atoms with van der Waals surface area (Å²) >= 11 is 2.91. The van der Waals surface area contributed by atoms with E-state index in [9.17, 15) is 9.59 Å². The van der Waals surface area contributed by atoms with Crippen LogP contribution in [0.2, 0.25) is 0 Å². The maximum atomic E-state index is 12.0. The lowest BCUT2D eigenvalue weighted by Crippen LogP contribution is -2.12. The molecule has 0 radical (unpaired) electrons. The molecule has 3 rings (SSSR count). The number of amides is 1. The summed E-state index contributed by atoms with van der Waals surface area (Å²) in [4.78, 5) is 30.2. The summed E-state index contributed by atoms with van der Waals surface area (Å²) < 4.78 is 1.05. The first-order chi connectivity index (χ1) is 11.0. The van der Waals surface area contributed by atoms with Crippen molar-refractivity contribution in [3.05, 3.63) is 45.6 Å². The van der Waals surface area contributed by atoms with Gasteiger partial charge >= 0.3 is 0 Å². The third-order valence-electron chi connectivity index (χ3n) is 3.38. The van der Waals surface area contributed by atoms with Crippen LogP contribution < -0.4 is 5.32 Å². The second-order valence-corrected chi connectivity index (χ2v) is 7.69. The molecule has 3 aromatic rings. The average molecular weight is 344 g/mol. The summed E-state index contributed by atoms with van der Waals surface area (Å²) in [6.07, 6.45) is 0.389. The van der Waals surface area contributed by atoms with Gasteiger partial charge in [-0.05, 0) is 43.7 Å². The Balaban J connectivity index is 1.59. The highest BCUT2D eigenvalue weighted by molar-refractivity contribution is 7.22. The highest BCUT2D eigenvalue weighted by atomic mass is 32.1. The van der Waals surface area contributed by atoms with Crippen molar-refractivity contribution in [2.75, 3.05) is 5.32 Å². The van der Waals surface area contributed by atoms with Crippen molar-refractivity contribution < 1.29 is 9.59 Å². The highest BCUT2D eigenvalue weighted by Gasteiger charge is 2.12. The number of carbonyl (C=O) groups excluding carboxylic acids is 2. The lowest BCUT2D eigenvalue weighted by atomic mass is 10.2. The van der Waals surface area contributed by atoms with E-state index in [0.29, 0.717) is 10.0 Å². The minimum absolute atomic E-state index is 0.0122.